The first kappa shape index (κ1) is 10.1. The standard InChI is InChI=1S/C10H11BrN2/c11-5-1-2-8-3-4-10(13)6-9(8)7-12/h3-4,6H,1-2,5,13H2. The van der Waals surface area contributed by atoms with Crippen LogP contribution in [0.2, 0.25) is 0 Å². The molecule has 13 heavy (non-hydrogen) atoms. The van der Waals surface area contributed by atoms with Crippen LogP contribution >= 0.6 is 15.9 Å². The van der Waals surface area contributed by atoms with Gasteiger partial charge >= 0.3 is 0 Å². The maximum Gasteiger partial charge on any atom is 0.0995 e. The van der Waals surface area contributed by atoms with Crippen molar-refractivity contribution < 1.29 is 0 Å². The van der Waals surface area contributed by atoms with Crippen LogP contribution in [0.25, 0.3) is 0 Å². The van der Waals surface area contributed by atoms with Gasteiger partial charge in [-0.25, -0.2) is 0 Å². The van der Waals surface area contributed by atoms with E-state index in [0.29, 0.717) is 11.3 Å². The third-order valence-electron chi connectivity index (χ3n) is 1.83. The summed E-state index contributed by atoms with van der Waals surface area (Å²) in [7, 11) is 0. The molecule has 1 aromatic rings. The van der Waals surface area contributed by atoms with E-state index in [4.69, 9.17) is 11.0 Å². The number of rotatable bonds is 3. The Morgan fingerprint density at radius 2 is 2.23 bits per heavy atom. The Morgan fingerprint density at radius 3 is 2.85 bits per heavy atom. The molecule has 1 rings (SSSR count). The Bertz CT molecular complexity index is 328. The lowest BCUT2D eigenvalue weighted by atomic mass is 10.0. The zero-order valence-electron chi connectivity index (χ0n) is 7.26. The van der Waals surface area contributed by atoms with Crippen LogP contribution in [0.3, 0.4) is 0 Å². The van der Waals surface area contributed by atoms with E-state index in [1.165, 1.54) is 0 Å². The van der Waals surface area contributed by atoms with Crippen LogP contribution in [-0.2, 0) is 6.42 Å². The SMILES string of the molecule is N#Cc1cc(N)ccc1CCCBr. The molecule has 3 heteroatoms. The van der Waals surface area contributed by atoms with E-state index in [1.807, 2.05) is 12.1 Å². The number of benzene rings is 1. The summed E-state index contributed by atoms with van der Waals surface area (Å²) in [5.74, 6) is 0. The van der Waals surface area contributed by atoms with Gasteiger partial charge in [0.25, 0.3) is 0 Å². The van der Waals surface area contributed by atoms with Crippen molar-refractivity contribution in [2.75, 3.05) is 11.1 Å². The average Bonchev–Trinajstić information content (AvgIpc) is 2.16. The molecule has 0 fully saturated rings. The minimum Gasteiger partial charge on any atom is -0.399 e. The van der Waals surface area contributed by atoms with Gasteiger partial charge in [0.05, 0.1) is 11.6 Å². The Labute approximate surface area is 86.5 Å². The highest BCUT2D eigenvalue weighted by molar-refractivity contribution is 9.09. The van der Waals surface area contributed by atoms with Crippen molar-refractivity contribution in [1.82, 2.24) is 0 Å². The molecular formula is C10H11BrN2. The fourth-order valence-electron chi connectivity index (χ4n) is 1.17. The highest BCUT2D eigenvalue weighted by atomic mass is 79.9. The number of aryl methyl sites for hydroxylation is 1. The number of anilines is 1. The van der Waals surface area contributed by atoms with Crippen molar-refractivity contribution in [2.24, 2.45) is 0 Å². The Morgan fingerprint density at radius 1 is 1.46 bits per heavy atom. The second-order valence-corrected chi connectivity index (χ2v) is 3.61. The molecule has 0 unspecified atom stereocenters. The Balaban J connectivity index is 2.88. The minimum absolute atomic E-state index is 0.652. The fourth-order valence-corrected chi connectivity index (χ4v) is 1.45. The molecule has 0 saturated carbocycles. The number of nitriles is 1. The predicted octanol–water partition coefficient (Wildman–Crippen LogP) is 2.47. The number of nitrogens with two attached hydrogens (primary N) is 1. The van der Waals surface area contributed by atoms with Crippen LogP contribution < -0.4 is 5.73 Å². The molecule has 68 valence electrons. The lowest BCUT2D eigenvalue weighted by Crippen LogP contribution is -1.93. The first-order chi connectivity index (χ1) is 6.27. The molecule has 0 amide bonds. The summed E-state index contributed by atoms with van der Waals surface area (Å²) in [6.07, 6.45) is 1.97. The molecule has 0 atom stereocenters. The minimum atomic E-state index is 0.652. The molecule has 0 spiro atoms. The normalized spacial score (nSPS) is 9.54. The van der Waals surface area contributed by atoms with Crippen LogP contribution in [0.4, 0.5) is 5.69 Å². The first-order valence-corrected chi connectivity index (χ1v) is 5.24. The van der Waals surface area contributed by atoms with Gasteiger partial charge in [-0.2, -0.15) is 5.26 Å². The fraction of sp³-hybridized carbons (Fsp3) is 0.300. The van der Waals surface area contributed by atoms with E-state index < -0.39 is 0 Å². The molecule has 0 aliphatic rings. The summed E-state index contributed by atoms with van der Waals surface area (Å²) in [5, 5.41) is 9.79. The monoisotopic (exact) mass is 238 g/mol. The van der Waals surface area contributed by atoms with E-state index in [0.717, 1.165) is 23.7 Å². The molecule has 0 aliphatic carbocycles. The molecule has 2 N–H and O–H groups in total. The number of halogens is 1. The zero-order chi connectivity index (χ0) is 9.68. The lowest BCUT2D eigenvalue weighted by Gasteiger charge is -2.02. The van der Waals surface area contributed by atoms with Crippen LogP contribution in [0.5, 0.6) is 0 Å². The quantitative estimate of drug-likeness (QED) is 0.650. The van der Waals surface area contributed by atoms with E-state index in [1.54, 1.807) is 6.07 Å². The molecule has 0 aliphatic heterocycles. The Hall–Kier alpha value is -1.01. The van der Waals surface area contributed by atoms with Gasteiger partial charge in [0, 0.05) is 11.0 Å². The third-order valence-corrected chi connectivity index (χ3v) is 2.39. The summed E-state index contributed by atoms with van der Waals surface area (Å²) in [6, 6.07) is 7.64. The van der Waals surface area contributed by atoms with Crippen molar-refractivity contribution >= 4 is 21.6 Å². The highest BCUT2D eigenvalue weighted by Gasteiger charge is 2.01. The highest BCUT2D eigenvalue weighted by Crippen LogP contribution is 2.14. The van der Waals surface area contributed by atoms with Crippen LogP contribution in [0, 0.1) is 11.3 Å². The summed E-state index contributed by atoms with van der Waals surface area (Å²) in [6.45, 7) is 0. The summed E-state index contributed by atoms with van der Waals surface area (Å²) in [4.78, 5) is 0. The van der Waals surface area contributed by atoms with Crippen molar-refractivity contribution in [3.8, 4) is 6.07 Å². The van der Waals surface area contributed by atoms with Gasteiger partial charge in [0.2, 0.25) is 0 Å². The molecule has 0 radical (unpaired) electrons. The van der Waals surface area contributed by atoms with Gasteiger partial charge in [-0.15, -0.1) is 0 Å². The summed E-state index contributed by atoms with van der Waals surface area (Å²) >= 11 is 3.36. The van der Waals surface area contributed by atoms with Crippen molar-refractivity contribution in [3.05, 3.63) is 29.3 Å². The lowest BCUT2D eigenvalue weighted by molar-refractivity contribution is 0.936. The van der Waals surface area contributed by atoms with E-state index >= 15 is 0 Å². The maximum absolute atomic E-state index is 8.82. The third kappa shape index (κ3) is 2.74. The van der Waals surface area contributed by atoms with Crippen LogP contribution in [-0.4, -0.2) is 5.33 Å². The largest absolute Gasteiger partial charge is 0.399 e. The second kappa shape index (κ2) is 4.88. The molecule has 0 heterocycles. The van der Waals surface area contributed by atoms with E-state index in [2.05, 4.69) is 22.0 Å². The van der Waals surface area contributed by atoms with E-state index in [-0.39, 0.29) is 0 Å². The van der Waals surface area contributed by atoms with Gasteiger partial charge < -0.3 is 5.73 Å². The number of nitrogens with zero attached hydrogens (tertiary/aromatic N) is 1. The van der Waals surface area contributed by atoms with Gasteiger partial charge in [-0.1, -0.05) is 22.0 Å². The van der Waals surface area contributed by atoms with Gasteiger partial charge in [-0.05, 0) is 30.5 Å². The average molecular weight is 239 g/mol. The molecular weight excluding hydrogens is 228 g/mol. The van der Waals surface area contributed by atoms with Gasteiger partial charge in [0.1, 0.15) is 0 Å². The zero-order valence-corrected chi connectivity index (χ0v) is 8.84. The van der Waals surface area contributed by atoms with E-state index in [9.17, 15) is 0 Å². The van der Waals surface area contributed by atoms with Crippen molar-refractivity contribution in [2.45, 2.75) is 12.8 Å². The smallest absolute Gasteiger partial charge is 0.0995 e. The first-order valence-electron chi connectivity index (χ1n) is 4.12. The molecule has 2 nitrogen and oxygen atoms in total. The number of alkyl halides is 1. The molecule has 0 saturated heterocycles. The summed E-state index contributed by atoms with van der Waals surface area (Å²) in [5.41, 5.74) is 8.00. The topological polar surface area (TPSA) is 49.8 Å². The van der Waals surface area contributed by atoms with Gasteiger partial charge in [-0.3, -0.25) is 0 Å². The molecule has 1 aromatic carbocycles. The second-order valence-electron chi connectivity index (χ2n) is 2.82. The number of hydrogen-bond acceptors (Lipinski definition) is 2. The predicted molar refractivity (Wildman–Crippen MR) is 57.7 cm³/mol. The number of hydrogen-bond donors (Lipinski definition) is 1. The molecule has 0 aromatic heterocycles. The molecule has 0 bridgehead atoms. The number of nitrogen functional groups attached to an aromatic ring is 1. The van der Waals surface area contributed by atoms with Crippen molar-refractivity contribution in [3.63, 3.8) is 0 Å². The van der Waals surface area contributed by atoms with Crippen LogP contribution in [0.15, 0.2) is 18.2 Å². The van der Waals surface area contributed by atoms with Crippen molar-refractivity contribution in [1.29, 1.82) is 5.26 Å². The van der Waals surface area contributed by atoms with Gasteiger partial charge in [0.15, 0.2) is 0 Å². The maximum atomic E-state index is 8.82. The van der Waals surface area contributed by atoms with Crippen LogP contribution in [0.1, 0.15) is 17.5 Å². The Kier molecular flexibility index (Phi) is 3.78. The summed E-state index contributed by atoms with van der Waals surface area (Å²) < 4.78 is 0.